The van der Waals surface area contributed by atoms with E-state index in [0.29, 0.717) is 12.1 Å². The summed E-state index contributed by atoms with van der Waals surface area (Å²) in [4.78, 5) is 33.3. The number of ketones is 1. The topological polar surface area (TPSA) is 72.5 Å². The zero-order valence-corrected chi connectivity index (χ0v) is 12.3. The molecule has 0 saturated heterocycles. The Bertz CT molecular complexity index is 546. The van der Waals surface area contributed by atoms with Crippen LogP contribution in [0.15, 0.2) is 36.4 Å². The monoisotopic (exact) mass is 289 g/mol. The highest BCUT2D eigenvalue weighted by molar-refractivity contribution is 5.94. The molecule has 1 aromatic carbocycles. The van der Waals surface area contributed by atoms with E-state index in [9.17, 15) is 14.4 Å². The zero-order chi connectivity index (χ0) is 15.8. The van der Waals surface area contributed by atoms with Gasteiger partial charge in [-0.05, 0) is 25.0 Å². The molecule has 0 saturated carbocycles. The molecule has 1 aromatic rings. The molecule has 112 valence electrons. The molecule has 0 atom stereocenters. The summed E-state index contributed by atoms with van der Waals surface area (Å²) in [6.45, 7) is 7.09. The van der Waals surface area contributed by atoms with E-state index >= 15 is 0 Å². The van der Waals surface area contributed by atoms with E-state index in [-0.39, 0.29) is 24.7 Å². The lowest BCUT2D eigenvalue weighted by atomic mass is 10.1. The number of benzene rings is 1. The van der Waals surface area contributed by atoms with Crippen molar-refractivity contribution in [3.05, 3.63) is 47.5 Å². The normalized spacial score (nSPS) is 9.81. The lowest BCUT2D eigenvalue weighted by Crippen LogP contribution is -2.22. The van der Waals surface area contributed by atoms with E-state index in [0.717, 1.165) is 11.1 Å². The van der Waals surface area contributed by atoms with Gasteiger partial charge in [0.1, 0.15) is 18.8 Å². The van der Waals surface area contributed by atoms with Crippen molar-refractivity contribution in [1.29, 1.82) is 0 Å². The summed E-state index contributed by atoms with van der Waals surface area (Å²) in [5.74, 6) is -0.930. The van der Waals surface area contributed by atoms with Gasteiger partial charge in [0.2, 0.25) is 5.91 Å². The number of ether oxygens (including phenoxy) is 1. The molecule has 0 aliphatic carbocycles. The maximum Gasteiger partial charge on any atom is 0.313 e. The van der Waals surface area contributed by atoms with Crippen molar-refractivity contribution in [1.82, 2.24) is 5.32 Å². The summed E-state index contributed by atoms with van der Waals surface area (Å²) < 4.78 is 4.97. The maximum absolute atomic E-state index is 11.4. The van der Waals surface area contributed by atoms with Crippen LogP contribution in [0.4, 0.5) is 0 Å². The first kappa shape index (κ1) is 16.6. The molecular formula is C16H19NO4. The molecule has 0 unspecified atom stereocenters. The molecule has 1 N–H and O–H groups in total. The smallest absolute Gasteiger partial charge is 0.313 e. The number of Topliss-reactive ketones (excluding diaryl/α,β-unsaturated/α-hetero) is 1. The van der Waals surface area contributed by atoms with Crippen LogP contribution >= 0.6 is 0 Å². The zero-order valence-electron chi connectivity index (χ0n) is 12.3. The molecule has 21 heavy (non-hydrogen) atoms. The first-order valence-electron chi connectivity index (χ1n) is 6.55. The standard InChI is InChI=1S/C16H19NO4/c1-11(2)16(20)17-9-13-4-6-14(7-5-13)10-21-15(19)8-12(3)18/h4-7H,1,8-10H2,2-3H3,(H,17,20). The van der Waals surface area contributed by atoms with E-state index < -0.39 is 5.97 Å². The molecule has 1 amide bonds. The number of hydrogen-bond donors (Lipinski definition) is 1. The lowest BCUT2D eigenvalue weighted by molar-refractivity contribution is -0.146. The van der Waals surface area contributed by atoms with Crippen molar-refractivity contribution >= 4 is 17.7 Å². The van der Waals surface area contributed by atoms with E-state index in [1.165, 1.54) is 6.92 Å². The minimum absolute atomic E-state index is 0.129. The molecule has 0 bridgehead atoms. The van der Waals surface area contributed by atoms with E-state index in [1.54, 1.807) is 6.92 Å². The number of carbonyl (C=O) groups excluding carboxylic acids is 3. The molecule has 0 fully saturated rings. The lowest BCUT2D eigenvalue weighted by Gasteiger charge is -2.07. The van der Waals surface area contributed by atoms with E-state index in [2.05, 4.69) is 11.9 Å². The highest BCUT2D eigenvalue weighted by Gasteiger charge is 2.06. The third kappa shape index (κ3) is 6.51. The molecule has 1 rings (SSSR count). The van der Waals surface area contributed by atoms with Gasteiger partial charge in [0.15, 0.2) is 0 Å². The molecule has 0 aromatic heterocycles. The van der Waals surface area contributed by atoms with Crippen LogP contribution in [0.2, 0.25) is 0 Å². The summed E-state index contributed by atoms with van der Waals surface area (Å²) in [7, 11) is 0. The largest absolute Gasteiger partial charge is 0.460 e. The molecule has 5 heteroatoms. The van der Waals surface area contributed by atoms with Crippen LogP contribution in [-0.2, 0) is 32.3 Å². The minimum atomic E-state index is -0.528. The summed E-state index contributed by atoms with van der Waals surface area (Å²) in [5.41, 5.74) is 2.22. The highest BCUT2D eigenvalue weighted by atomic mass is 16.5. The average molecular weight is 289 g/mol. The molecule has 0 aliphatic heterocycles. The van der Waals surface area contributed by atoms with Gasteiger partial charge in [0, 0.05) is 12.1 Å². The van der Waals surface area contributed by atoms with E-state index in [1.807, 2.05) is 24.3 Å². The van der Waals surface area contributed by atoms with Crippen molar-refractivity contribution < 1.29 is 19.1 Å². The van der Waals surface area contributed by atoms with Gasteiger partial charge in [-0.25, -0.2) is 0 Å². The van der Waals surface area contributed by atoms with Crippen LogP contribution in [0.25, 0.3) is 0 Å². The number of nitrogens with one attached hydrogen (secondary N) is 1. The molecule has 0 spiro atoms. The van der Waals surface area contributed by atoms with E-state index in [4.69, 9.17) is 4.74 Å². The predicted octanol–water partition coefficient (Wildman–Crippen LogP) is 1.90. The Morgan fingerprint density at radius 1 is 1.10 bits per heavy atom. The Morgan fingerprint density at radius 2 is 1.67 bits per heavy atom. The van der Waals surface area contributed by atoms with Gasteiger partial charge in [-0.15, -0.1) is 0 Å². The van der Waals surface area contributed by atoms with Gasteiger partial charge in [0.25, 0.3) is 0 Å². The van der Waals surface area contributed by atoms with Gasteiger partial charge in [-0.3, -0.25) is 14.4 Å². The summed E-state index contributed by atoms with van der Waals surface area (Å²) in [6, 6.07) is 7.30. The molecular weight excluding hydrogens is 270 g/mol. The van der Waals surface area contributed by atoms with Crippen LogP contribution in [0.3, 0.4) is 0 Å². The SMILES string of the molecule is C=C(C)C(=O)NCc1ccc(COC(=O)CC(C)=O)cc1. The Morgan fingerprint density at radius 3 is 2.19 bits per heavy atom. The Hall–Kier alpha value is -2.43. The van der Waals surface area contributed by atoms with Crippen LogP contribution in [0.5, 0.6) is 0 Å². The fourth-order valence-electron chi connectivity index (χ4n) is 1.50. The second kappa shape index (κ2) is 7.99. The summed E-state index contributed by atoms with van der Waals surface area (Å²) >= 11 is 0. The first-order chi connectivity index (χ1) is 9.88. The Kier molecular flexibility index (Phi) is 6.33. The van der Waals surface area contributed by atoms with Crippen molar-refractivity contribution in [2.45, 2.75) is 33.4 Å². The maximum atomic E-state index is 11.4. The fourth-order valence-corrected chi connectivity index (χ4v) is 1.50. The van der Waals surface area contributed by atoms with Gasteiger partial charge in [0.05, 0.1) is 0 Å². The van der Waals surface area contributed by atoms with Gasteiger partial charge < -0.3 is 10.1 Å². The second-order valence-electron chi connectivity index (χ2n) is 4.82. The summed E-state index contributed by atoms with van der Waals surface area (Å²) in [5, 5.41) is 2.73. The molecule has 0 heterocycles. The van der Waals surface area contributed by atoms with Crippen molar-refractivity contribution in [3.63, 3.8) is 0 Å². The quantitative estimate of drug-likeness (QED) is 0.473. The molecule has 0 radical (unpaired) electrons. The van der Waals surface area contributed by atoms with Crippen LogP contribution < -0.4 is 5.32 Å². The average Bonchev–Trinajstić information content (AvgIpc) is 2.42. The van der Waals surface area contributed by atoms with Crippen molar-refractivity contribution in [3.8, 4) is 0 Å². The number of hydrogen-bond acceptors (Lipinski definition) is 4. The van der Waals surface area contributed by atoms with Crippen molar-refractivity contribution in [2.75, 3.05) is 0 Å². The van der Waals surface area contributed by atoms with Crippen LogP contribution in [-0.4, -0.2) is 17.7 Å². The van der Waals surface area contributed by atoms with Crippen LogP contribution in [0, 0.1) is 0 Å². The van der Waals surface area contributed by atoms with Crippen LogP contribution in [0.1, 0.15) is 31.4 Å². The van der Waals surface area contributed by atoms with Gasteiger partial charge in [-0.2, -0.15) is 0 Å². The Balaban J connectivity index is 2.43. The Labute approximate surface area is 124 Å². The number of amides is 1. The van der Waals surface area contributed by atoms with Gasteiger partial charge >= 0.3 is 5.97 Å². The first-order valence-corrected chi connectivity index (χ1v) is 6.55. The molecule has 5 nitrogen and oxygen atoms in total. The number of carbonyl (C=O) groups is 3. The molecule has 0 aliphatic rings. The number of rotatable bonds is 7. The fraction of sp³-hybridized carbons (Fsp3) is 0.312. The third-order valence-electron chi connectivity index (χ3n) is 2.66. The highest BCUT2D eigenvalue weighted by Crippen LogP contribution is 2.06. The number of esters is 1. The third-order valence-corrected chi connectivity index (χ3v) is 2.66. The van der Waals surface area contributed by atoms with Crippen molar-refractivity contribution in [2.24, 2.45) is 0 Å². The second-order valence-corrected chi connectivity index (χ2v) is 4.82. The predicted molar refractivity (Wildman–Crippen MR) is 78.2 cm³/mol. The van der Waals surface area contributed by atoms with Gasteiger partial charge in [-0.1, -0.05) is 30.8 Å². The minimum Gasteiger partial charge on any atom is -0.460 e. The summed E-state index contributed by atoms with van der Waals surface area (Å²) in [6.07, 6.45) is -0.203.